The minimum atomic E-state index is -0.0806. The Bertz CT molecular complexity index is 1040. The zero-order valence-corrected chi connectivity index (χ0v) is 17.9. The fourth-order valence-electron chi connectivity index (χ4n) is 3.99. The Labute approximate surface area is 182 Å². The highest BCUT2D eigenvalue weighted by Crippen LogP contribution is 2.41. The van der Waals surface area contributed by atoms with Gasteiger partial charge in [-0.25, -0.2) is 0 Å². The van der Waals surface area contributed by atoms with E-state index in [9.17, 15) is 9.59 Å². The second kappa shape index (κ2) is 8.71. The van der Waals surface area contributed by atoms with Crippen molar-refractivity contribution in [2.75, 3.05) is 16.3 Å². The van der Waals surface area contributed by atoms with Crippen LogP contribution in [0.3, 0.4) is 0 Å². The first-order valence-corrected chi connectivity index (χ1v) is 10.6. The number of hydrogen-bond donors (Lipinski definition) is 1. The van der Waals surface area contributed by atoms with Crippen molar-refractivity contribution in [3.05, 3.63) is 60.1 Å². The summed E-state index contributed by atoms with van der Waals surface area (Å²) in [5.74, 6) is 0.194. The number of carbonyl (C=O) groups excluding carboxylic acids is 2. The lowest BCUT2D eigenvalue weighted by Gasteiger charge is -2.41. The first-order valence-electron chi connectivity index (χ1n) is 10.6. The lowest BCUT2D eigenvalue weighted by molar-refractivity contribution is -0.120. The van der Waals surface area contributed by atoms with Gasteiger partial charge in [-0.1, -0.05) is 12.1 Å². The van der Waals surface area contributed by atoms with Crippen LogP contribution in [-0.4, -0.2) is 35.6 Å². The van der Waals surface area contributed by atoms with Crippen LogP contribution in [0, 0.1) is 5.92 Å². The lowest BCUT2D eigenvalue weighted by Crippen LogP contribution is -2.51. The molecule has 1 atom stereocenters. The van der Waals surface area contributed by atoms with Gasteiger partial charge in [0, 0.05) is 43.6 Å². The zero-order valence-electron chi connectivity index (χ0n) is 17.9. The number of fused-ring (bicyclic) bond motifs is 1. The van der Waals surface area contributed by atoms with Crippen LogP contribution >= 0.6 is 0 Å². The Hall–Kier alpha value is -3.48. The van der Waals surface area contributed by atoms with Crippen LogP contribution in [0.15, 0.2) is 53.8 Å². The van der Waals surface area contributed by atoms with Gasteiger partial charge in [0.15, 0.2) is 0 Å². The van der Waals surface area contributed by atoms with Gasteiger partial charge in [0.25, 0.3) is 0 Å². The summed E-state index contributed by atoms with van der Waals surface area (Å²) in [5.41, 5.74) is 9.86. The highest BCUT2D eigenvalue weighted by Gasteiger charge is 2.39. The predicted molar refractivity (Wildman–Crippen MR) is 123 cm³/mol. The minimum Gasteiger partial charge on any atom is -0.404 e. The summed E-state index contributed by atoms with van der Waals surface area (Å²) < 4.78 is 0. The number of carbonyl (C=O) groups is 2. The molecule has 1 saturated carbocycles. The molecular formula is C24H27N5O2. The summed E-state index contributed by atoms with van der Waals surface area (Å²) in [5, 5.41) is 0. The highest BCUT2D eigenvalue weighted by molar-refractivity contribution is 6.11. The number of pyridine rings is 1. The molecule has 160 valence electrons. The van der Waals surface area contributed by atoms with Crippen LogP contribution in [0.5, 0.6) is 0 Å². The van der Waals surface area contributed by atoms with Gasteiger partial charge in [0.05, 0.1) is 29.7 Å². The molecule has 7 heteroatoms. The number of nitrogens with zero attached hydrogens (tertiary/aromatic N) is 4. The average Bonchev–Trinajstić information content (AvgIpc) is 3.61. The number of hydrogen-bond acceptors (Lipinski definition) is 5. The topological polar surface area (TPSA) is 91.9 Å². The largest absolute Gasteiger partial charge is 0.404 e. The smallest absolute Gasteiger partial charge is 0.230 e. The number of rotatable bonds is 5. The standard InChI is InChI=1S/C24H27N5O2/c1-16-15-28(24(31)18-6-7-18)23-11-19(8-9-22(23)29(16)17(2)30)20(12-25)13-26-14-21-5-3-4-10-27-21/h3-5,8-13,16,18H,6-7,14-15,25H2,1-2H3/b20-12+,26-13?/t16-/m0/s1. The van der Waals surface area contributed by atoms with Crippen LogP contribution in [-0.2, 0) is 16.1 Å². The van der Waals surface area contributed by atoms with E-state index < -0.39 is 0 Å². The molecule has 2 heterocycles. The maximum absolute atomic E-state index is 13.0. The summed E-state index contributed by atoms with van der Waals surface area (Å²) in [6.45, 7) is 4.47. The monoisotopic (exact) mass is 417 g/mol. The van der Waals surface area contributed by atoms with Crippen molar-refractivity contribution < 1.29 is 9.59 Å². The molecule has 0 saturated heterocycles. The molecule has 2 amide bonds. The van der Waals surface area contributed by atoms with E-state index in [1.165, 1.54) is 6.20 Å². The number of anilines is 2. The quantitative estimate of drug-likeness (QED) is 0.757. The molecule has 2 N–H and O–H groups in total. The van der Waals surface area contributed by atoms with Gasteiger partial charge in [-0.15, -0.1) is 0 Å². The van der Waals surface area contributed by atoms with E-state index in [0.29, 0.717) is 13.1 Å². The van der Waals surface area contributed by atoms with E-state index in [1.54, 1.807) is 24.2 Å². The lowest BCUT2D eigenvalue weighted by atomic mass is 10.0. The molecule has 1 aliphatic heterocycles. The molecule has 0 bridgehead atoms. The third-order valence-electron chi connectivity index (χ3n) is 5.67. The van der Waals surface area contributed by atoms with Crippen LogP contribution in [0.25, 0.3) is 5.57 Å². The van der Waals surface area contributed by atoms with Crippen LogP contribution in [0.2, 0.25) is 0 Å². The zero-order chi connectivity index (χ0) is 22.0. The maximum Gasteiger partial charge on any atom is 0.230 e. The van der Waals surface area contributed by atoms with Gasteiger partial charge in [0.1, 0.15) is 0 Å². The highest BCUT2D eigenvalue weighted by atomic mass is 16.2. The molecule has 0 radical (unpaired) electrons. The van der Waals surface area contributed by atoms with Crippen molar-refractivity contribution in [3.8, 4) is 0 Å². The average molecular weight is 418 g/mol. The molecule has 2 aromatic rings. The third-order valence-corrected chi connectivity index (χ3v) is 5.67. The van der Waals surface area contributed by atoms with E-state index in [1.807, 2.05) is 48.2 Å². The van der Waals surface area contributed by atoms with Crippen LogP contribution in [0.1, 0.15) is 37.9 Å². The molecule has 1 aromatic heterocycles. The van der Waals surface area contributed by atoms with Gasteiger partial charge in [-0.05, 0) is 49.6 Å². The molecule has 4 rings (SSSR count). The van der Waals surface area contributed by atoms with Gasteiger partial charge >= 0.3 is 0 Å². The van der Waals surface area contributed by atoms with Crippen molar-refractivity contribution >= 4 is 35.0 Å². The fraction of sp³-hybridized carbons (Fsp3) is 0.333. The Morgan fingerprint density at radius 2 is 2.03 bits per heavy atom. The van der Waals surface area contributed by atoms with E-state index >= 15 is 0 Å². The van der Waals surface area contributed by atoms with E-state index in [4.69, 9.17) is 5.73 Å². The second-order valence-corrected chi connectivity index (χ2v) is 8.08. The Kier molecular flexibility index (Phi) is 5.84. The number of nitrogens with two attached hydrogens (primary N) is 1. The SMILES string of the molecule is CC(=O)N1c2ccc(/C(C=NCc3ccccn3)=C/N)cc2N(C(=O)C2CC2)C[C@@H]1C. The Morgan fingerprint density at radius 3 is 2.68 bits per heavy atom. The summed E-state index contributed by atoms with van der Waals surface area (Å²) in [6, 6.07) is 11.4. The van der Waals surface area contributed by atoms with Crippen LogP contribution < -0.4 is 15.5 Å². The first kappa shape index (κ1) is 20.8. The normalized spacial score (nSPS) is 18.9. The van der Waals surface area contributed by atoms with Crippen molar-refractivity contribution in [3.63, 3.8) is 0 Å². The second-order valence-electron chi connectivity index (χ2n) is 8.08. The number of benzene rings is 1. The summed E-state index contributed by atoms with van der Waals surface area (Å²) in [7, 11) is 0. The van der Waals surface area contributed by atoms with Gasteiger partial charge in [-0.2, -0.15) is 0 Å². The predicted octanol–water partition coefficient (Wildman–Crippen LogP) is 3.15. The minimum absolute atomic E-state index is 0.0356. The summed E-state index contributed by atoms with van der Waals surface area (Å²) in [6.07, 6.45) is 6.83. The van der Waals surface area contributed by atoms with E-state index in [2.05, 4.69) is 9.98 Å². The van der Waals surface area contributed by atoms with Crippen molar-refractivity contribution in [2.45, 2.75) is 39.3 Å². The number of aliphatic imine (C=N–C) groups is 1. The first-order chi connectivity index (χ1) is 15.0. The summed E-state index contributed by atoms with van der Waals surface area (Å²) >= 11 is 0. The molecule has 0 unspecified atom stereocenters. The number of allylic oxidation sites excluding steroid dienone is 1. The number of aromatic nitrogens is 1. The van der Waals surface area contributed by atoms with Gasteiger partial charge in [-0.3, -0.25) is 19.6 Å². The molecule has 0 spiro atoms. The molecule has 1 aliphatic carbocycles. The Morgan fingerprint density at radius 1 is 1.23 bits per heavy atom. The molecule has 7 nitrogen and oxygen atoms in total. The molecule has 2 aliphatic rings. The molecular weight excluding hydrogens is 390 g/mol. The maximum atomic E-state index is 13.0. The molecule has 1 aromatic carbocycles. The van der Waals surface area contributed by atoms with Gasteiger partial charge in [0.2, 0.25) is 11.8 Å². The fourth-order valence-corrected chi connectivity index (χ4v) is 3.99. The van der Waals surface area contributed by atoms with E-state index in [-0.39, 0.29) is 23.8 Å². The van der Waals surface area contributed by atoms with Crippen molar-refractivity contribution in [1.29, 1.82) is 0 Å². The van der Waals surface area contributed by atoms with Gasteiger partial charge < -0.3 is 15.5 Å². The third kappa shape index (κ3) is 4.35. The molecule has 31 heavy (non-hydrogen) atoms. The number of amides is 2. The Balaban J connectivity index is 1.66. The van der Waals surface area contributed by atoms with Crippen LogP contribution in [0.4, 0.5) is 11.4 Å². The van der Waals surface area contributed by atoms with Crippen molar-refractivity contribution in [1.82, 2.24) is 4.98 Å². The van der Waals surface area contributed by atoms with E-state index in [0.717, 1.165) is 41.0 Å². The molecule has 1 fully saturated rings. The summed E-state index contributed by atoms with van der Waals surface area (Å²) in [4.78, 5) is 37.6. The van der Waals surface area contributed by atoms with Crippen molar-refractivity contribution in [2.24, 2.45) is 16.6 Å².